The zero-order valence-electron chi connectivity index (χ0n) is 13.8. The summed E-state index contributed by atoms with van der Waals surface area (Å²) in [6.07, 6.45) is 5.39. The van der Waals surface area contributed by atoms with Gasteiger partial charge in [0, 0.05) is 19.6 Å². The number of halogens is 1. The number of rotatable bonds is 3. The van der Waals surface area contributed by atoms with Crippen LogP contribution < -0.4 is 5.32 Å². The van der Waals surface area contributed by atoms with Gasteiger partial charge in [-0.05, 0) is 49.3 Å². The van der Waals surface area contributed by atoms with Gasteiger partial charge in [-0.25, -0.2) is 9.38 Å². The predicted octanol–water partition coefficient (Wildman–Crippen LogP) is 3.12. The SMILES string of the molecule is CCNC(=NCc1ccc(O)c(F)c1)N1CC2CCCCC2C1. The lowest BCUT2D eigenvalue weighted by Crippen LogP contribution is -2.40. The first-order valence-electron chi connectivity index (χ1n) is 8.68. The molecular weight excluding hydrogens is 293 g/mol. The Labute approximate surface area is 137 Å². The highest BCUT2D eigenvalue weighted by molar-refractivity contribution is 5.80. The minimum absolute atomic E-state index is 0.312. The van der Waals surface area contributed by atoms with Crippen molar-refractivity contribution in [1.29, 1.82) is 0 Å². The average Bonchev–Trinajstić information content (AvgIpc) is 2.98. The van der Waals surface area contributed by atoms with Crippen LogP contribution in [0, 0.1) is 17.7 Å². The lowest BCUT2D eigenvalue weighted by molar-refractivity contribution is 0.299. The van der Waals surface area contributed by atoms with Crippen LogP contribution in [0.25, 0.3) is 0 Å². The number of phenols is 1. The van der Waals surface area contributed by atoms with E-state index < -0.39 is 5.82 Å². The predicted molar refractivity (Wildman–Crippen MR) is 89.9 cm³/mol. The molecule has 0 aromatic heterocycles. The van der Waals surface area contributed by atoms with Gasteiger partial charge in [0.15, 0.2) is 17.5 Å². The lowest BCUT2D eigenvalue weighted by Gasteiger charge is -2.22. The third-order valence-electron chi connectivity index (χ3n) is 5.03. The number of guanidine groups is 1. The molecule has 2 unspecified atom stereocenters. The van der Waals surface area contributed by atoms with Crippen LogP contribution >= 0.6 is 0 Å². The summed E-state index contributed by atoms with van der Waals surface area (Å²) in [5.41, 5.74) is 0.771. The Morgan fingerprint density at radius 1 is 1.30 bits per heavy atom. The number of nitrogens with zero attached hydrogens (tertiary/aromatic N) is 2. The molecule has 1 saturated heterocycles. The van der Waals surface area contributed by atoms with Crippen molar-refractivity contribution in [1.82, 2.24) is 10.2 Å². The van der Waals surface area contributed by atoms with E-state index in [1.54, 1.807) is 6.07 Å². The van der Waals surface area contributed by atoms with Gasteiger partial charge >= 0.3 is 0 Å². The lowest BCUT2D eigenvalue weighted by atomic mass is 9.82. The number of likely N-dealkylation sites (tertiary alicyclic amines) is 1. The molecule has 0 spiro atoms. The zero-order valence-corrected chi connectivity index (χ0v) is 13.8. The second-order valence-corrected chi connectivity index (χ2v) is 6.67. The molecular formula is C18H26FN3O. The van der Waals surface area contributed by atoms with Crippen LogP contribution in [0.15, 0.2) is 23.2 Å². The van der Waals surface area contributed by atoms with E-state index in [1.807, 2.05) is 0 Å². The molecule has 1 saturated carbocycles. The summed E-state index contributed by atoms with van der Waals surface area (Å²) >= 11 is 0. The van der Waals surface area contributed by atoms with E-state index in [0.717, 1.165) is 43.0 Å². The Morgan fingerprint density at radius 3 is 2.61 bits per heavy atom. The van der Waals surface area contributed by atoms with E-state index in [0.29, 0.717) is 6.54 Å². The topological polar surface area (TPSA) is 47.9 Å². The van der Waals surface area contributed by atoms with E-state index in [4.69, 9.17) is 0 Å². The highest BCUT2D eigenvalue weighted by Gasteiger charge is 2.35. The van der Waals surface area contributed by atoms with Crippen molar-refractivity contribution in [2.75, 3.05) is 19.6 Å². The van der Waals surface area contributed by atoms with Crippen molar-refractivity contribution < 1.29 is 9.50 Å². The van der Waals surface area contributed by atoms with Crippen molar-refractivity contribution in [3.63, 3.8) is 0 Å². The highest BCUT2D eigenvalue weighted by Crippen LogP contribution is 2.36. The molecule has 0 bridgehead atoms. The number of phenolic OH excluding ortho intramolecular Hbond substituents is 1. The zero-order chi connectivity index (χ0) is 16.2. The maximum absolute atomic E-state index is 13.4. The van der Waals surface area contributed by atoms with E-state index in [-0.39, 0.29) is 5.75 Å². The van der Waals surface area contributed by atoms with Gasteiger partial charge in [-0.1, -0.05) is 18.9 Å². The number of fused-ring (bicyclic) bond motifs is 1. The number of nitrogens with one attached hydrogen (secondary N) is 1. The second-order valence-electron chi connectivity index (χ2n) is 6.67. The molecule has 1 aliphatic carbocycles. The summed E-state index contributed by atoms with van der Waals surface area (Å²) < 4.78 is 13.4. The van der Waals surface area contributed by atoms with Crippen molar-refractivity contribution in [2.45, 2.75) is 39.2 Å². The van der Waals surface area contributed by atoms with E-state index in [9.17, 15) is 9.50 Å². The Bertz CT molecular complexity index is 561. The van der Waals surface area contributed by atoms with Gasteiger partial charge in [-0.15, -0.1) is 0 Å². The third kappa shape index (κ3) is 3.77. The van der Waals surface area contributed by atoms with Crippen LogP contribution in [-0.4, -0.2) is 35.6 Å². The maximum Gasteiger partial charge on any atom is 0.194 e. The van der Waals surface area contributed by atoms with Gasteiger partial charge in [0.1, 0.15) is 0 Å². The fourth-order valence-corrected chi connectivity index (χ4v) is 3.82. The van der Waals surface area contributed by atoms with E-state index >= 15 is 0 Å². The molecule has 2 atom stereocenters. The van der Waals surface area contributed by atoms with E-state index in [1.165, 1.54) is 37.8 Å². The quantitative estimate of drug-likeness (QED) is 0.665. The highest BCUT2D eigenvalue weighted by atomic mass is 19.1. The monoisotopic (exact) mass is 319 g/mol. The summed E-state index contributed by atoms with van der Waals surface area (Å²) in [6, 6.07) is 4.46. The summed E-state index contributed by atoms with van der Waals surface area (Å²) in [4.78, 5) is 7.04. The van der Waals surface area contributed by atoms with Gasteiger partial charge in [0.2, 0.25) is 0 Å². The van der Waals surface area contributed by atoms with Gasteiger partial charge in [0.05, 0.1) is 6.54 Å². The average molecular weight is 319 g/mol. The molecule has 1 heterocycles. The maximum atomic E-state index is 13.4. The van der Waals surface area contributed by atoms with Crippen molar-refractivity contribution in [2.24, 2.45) is 16.8 Å². The molecule has 126 valence electrons. The number of aliphatic imine (C=N–C) groups is 1. The standard InChI is InChI=1S/C18H26FN3O/c1-2-20-18(21-10-13-7-8-17(23)16(19)9-13)22-11-14-5-3-4-6-15(14)12-22/h7-9,14-15,23H,2-6,10-12H2,1H3,(H,20,21). The van der Waals surface area contributed by atoms with Gasteiger partial charge in [0.25, 0.3) is 0 Å². The molecule has 4 nitrogen and oxygen atoms in total. The fourth-order valence-electron chi connectivity index (χ4n) is 3.82. The van der Waals surface area contributed by atoms with Gasteiger partial charge in [-0.3, -0.25) is 0 Å². The molecule has 0 radical (unpaired) electrons. The Balaban J connectivity index is 1.69. The largest absolute Gasteiger partial charge is 0.505 e. The van der Waals surface area contributed by atoms with Crippen LogP contribution in [0.3, 0.4) is 0 Å². The Morgan fingerprint density at radius 2 is 2.00 bits per heavy atom. The molecule has 2 fully saturated rings. The first kappa shape index (κ1) is 16.1. The van der Waals surface area contributed by atoms with Crippen molar-refractivity contribution in [3.8, 4) is 5.75 Å². The molecule has 2 aliphatic rings. The molecule has 2 N–H and O–H groups in total. The Hall–Kier alpha value is -1.78. The van der Waals surface area contributed by atoms with Crippen LogP contribution in [-0.2, 0) is 6.54 Å². The van der Waals surface area contributed by atoms with E-state index in [2.05, 4.69) is 22.1 Å². The van der Waals surface area contributed by atoms with Crippen LogP contribution in [0.4, 0.5) is 4.39 Å². The number of benzene rings is 1. The van der Waals surface area contributed by atoms with Crippen LogP contribution in [0.1, 0.15) is 38.2 Å². The van der Waals surface area contributed by atoms with Crippen LogP contribution in [0.5, 0.6) is 5.75 Å². The molecule has 0 amide bonds. The smallest absolute Gasteiger partial charge is 0.194 e. The second kappa shape index (κ2) is 7.20. The van der Waals surface area contributed by atoms with Crippen molar-refractivity contribution in [3.05, 3.63) is 29.6 Å². The number of hydrogen-bond acceptors (Lipinski definition) is 2. The normalized spacial score (nSPS) is 24.6. The summed E-state index contributed by atoms with van der Waals surface area (Å²) in [6.45, 7) is 5.49. The molecule has 1 aromatic carbocycles. The van der Waals surface area contributed by atoms with Gasteiger partial charge < -0.3 is 15.3 Å². The third-order valence-corrected chi connectivity index (χ3v) is 5.03. The molecule has 1 aromatic rings. The Kier molecular flexibility index (Phi) is 5.03. The minimum atomic E-state index is -0.588. The number of hydrogen-bond donors (Lipinski definition) is 2. The summed E-state index contributed by atoms with van der Waals surface area (Å²) in [5.74, 6) is 1.64. The first-order valence-corrected chi connectivity index (χ1v) is 8.68. The fraction of sp³-hybridized carbons (Fsp3) is 0.611. The first-order chi connectivity index (χ1) is 11.2. The molecule has 23 heavy (non-hydrogen) atoms. The van der Waals surface area contributed by atoms with Gasteiger partial charge in [-0.2, -0.15) is 0 Å². The molecule has 1 aliphatic heterocycles. The molecule has 5 heteroatoms. The number of aromatic hydroxyl groups is 1. The minimum Gasteiger partial charge on any atom is -0.505 e. The summed E-state index contributed by atoms with van der Waals surface area (Å²) in [7, 11) is 0. The summed E-state index contributed by atoms with van der Waals surface area (Å²) in [5, 5.41) is 12.6. The molecule has 3 rings (SSSR count). The van der Waals surface area contributed by atoms with Crippen molar-refractivity contribution >= 4 is 5.96 Å². The van der Waals surface area contributed by atoms with Crippen LogP contribution in [0.2, 0.25) is 0 Å².